The molecule has 0 radical (unpaired) electrons. The van der Waals surface area contributed by atoms with Crippen molar-refractivity contribution in [1.82, 2.24) is 10.2 Å². The first-order valence-electron chi connectivity index (χ1n) is 3.57. The molecule has 0 saturated carbocycles. The highest BCUT2D eigenvalue weighted by molar-refractivity contribution is 5.82. The quantitative estimate of drug-likeness (QED) is 0.639. The molecule has 64 valence electrons. The van der Waals surface area contributed by atoms with E-state index in [1.54, 1.807) is 12.3 Å². The Balaban J connectivity index is 2.35. The Hall–Kier alpha value is -1.36. The minimum absolute atomic E-state index is 0.227. The molecular weight excluding hydrogens is 160 g/mol. The van der Waals surface area contributed by atoms with Gasteiger partial charge in [0, 0.05) is 6.20 Å². The number of carboxylic acid groups (broad SMARTS) is 1. The zero-order valence-electron chi connectivity index (χ0n) is 6.28. The predicted octanol–water partition coefficient (Wildman–Crippen LogP) is -0.238. The molecule has 0 unspecified atom stereocenters. The van der Waals surface area contributed by atoms with Crippen LogP contribution in [0.5, 0.6) is 0 Å². The van der Waals surface area contributed by atoms with Crippen LogP contribution in [0.4, 0.5) is 0 Å². The third kappa shape index (κ3) is 0.767. The van der Waals surface area contributed by atoms with Crippen LogP contribution in [-0.2, 0) is 14.9 Å². The fourth-order valence-corrected chi connectivity index (χ4v) is 1.22. The summed E-state index contributed by atoms with van der Waals surface area (Å²) in [5.74, 6) is -0.863. The zero-order valence-corrected chi connectivity index (χ0v) is 6.28. The molecule has 2 heterocycles. The second-order valence-electron chi connectivity index (χ2n) is 2.85. The van der Waals surface area contributed by atoms with E-state index in [0.717, 1.165) is 0 Å². The number of aromatic nitrogens is 2. The molecule has 0 aromatic carbocycles. The molecule has 0 spiro atoms. The zero-order chi connectivity index (χ0) is 8.60. The molecule has 1 aliphatic rings. The highest BCUT2D eigenvalue weighted by Crippen LogP contribution is 2.30. The van der Waals surface area contributed by atoms with Crippen molar-refractivity contribution < 1.29 is 14.6 Å². The fraction of sp³-hybridized carbons (Fsp3) is 0.429. The Bertz CT molecular complexity index is 290. The third-order valence-electron chi connectivity index (χ3n) is 2.12. The number of hydrogen-bond donors (Lipinski definition) is 2. The molecule has 0 aliphatic carbocycles. The SMILES string of the molecule is O=C(O)C1(c2ccn[nH]2)COC1. The van der Waals surface area contributed by atoms with Crippen LogP contribution in [0.2, 0.25) is 0 Å². The van der Waals surface area contributed by atoms with Crippen LogP contribution in [0.3, 0.4) is 0 Å². The molecule has 2 rings (SSSR count). The van der Waals surface area contributed by atoms with Crippen LogP contribution in [0.1, 0.15) is 5.69 Å². The molecule has 1 aromatic heterocycles. The first-order chi connectivity index (χ1) is 5.76. The number of aromatic amines is 1. The lowest BCUT2D eigenvalue weighted by Crippen LogP contribution is -2.53. The maximum Gasteiger partial charge on any atom is 0.320 e. The maximum absolute atomic E-state index is 10.9. The van der Waals surface area contributed by atoms with E-state index >= 15 is 0 Å². The summed E-state index contributed by atoms with van der Waals surface area (Å²) < 4.78 is 4.89. The van der Waals surface area contributed by atoms with Crippen LogP contribution < -0.4 is 0 Å². The summed E-state index contributed by atoms with van der Waals surface area (Å²) in [6.45, 7) is 0.453. The lowest BCUT2D eigenvalue weighted by atomic mass is 9.83. The van der Waals surface area contributed by atoms with Gasteiger partial charge in [0.1, 0.15) is 0 Å². The van der Waals surface area contributed by atoms with Gasteiger partial charge in [0.05, 0.1) is 18.9 Å². The standard InChI is InChI=1S/C7H8N2O3/c10-6(11)7(3-12-4-7)5-1-2-8-9-5/h1-2H,3-4H2,(H,8,9)(H,10,11). The monoisotopic (exact) mass is 168 g/mol. The normalized spacial score (nSPS) is 20.0. The number of H-pyrrole nitrogens is 1. The topological polar surface area (TPSA) is 75.2 Å². The minimum Gasteiger partial charge on any atom is -0.480 e. The molecular formula is C7H8N2O3. The first kappa shape index (κ1) is 7.30. The molecule has 1 aliphatic heterocycles. The second-order valence-corrected chi connectivity index (χ2v) is 2.85. The van der Waals surface area contributed by atoms with Crippen LogP contribution in [0.15, 0.2) is 12.3 Å². The smallest absolute Gasteiger partial charge is 0.320 e. The Labute approximate surface area is 68.4 Å². The summed E-state index contributed by atoms with van der Waals surface area (Å²) in [5.41, 5.74) is -0.266. The summed E-state index contributed by atoms with van der Waals surface area (Å²) in [6.07, 6.45) is 1.54. The Kier molecular flexibility index (Phi) is 1.41. The van der Waals surface area contributed by atoms with Crippen molar-refractivity contribution in [2.24, 2.45) is 0 Å². The maximum atomic E-state index is 10.9. The number of nitrogens with zero attached hydrogens (tertiary/aromatic N) is 1. The van der Waals surface area contributed by atoms with Crippen molar-refractivity contribution in [2.45, 2.75) is 5.41 Å². The molecule has 0 atom stereocenters. The number of ether oxygens (including phenoxy) is 1. The fourth-order valence-electron chi connectivity index (χ4n) is 1.22. The first-order valence-corrected chi connectivity index (χ1v) is 3.57. The summed E-state index contributed by atoms with van der Waals surface area (Å²) in [7, 11) is 0. The van der Waals surface area contributed by atoms with Crippen molar-refractivity contribution in [2.75, 3.05) is 13.2 Å². The Morgan fingerprint density at radius 1 is 1.75 bits per heavy atom. The average molecular weight is 168 g/mol. The van der Waals surface area contributed by atoms with Crippen molar-refractivity contribution in [3.8, 4) is 0 Å². The van der Waals surface area contributed by atoms with Crippen molar-refractivity contribution in [1.29, 1.82) is 0 Å². The van der Waals surface area contributed by atoms with Gasteiger partial charge in [0.25, 0.3) is 0 Å². The summed E-state index contributed by atoms with van der Waals surface area (Å²) in [6, 6.07) is 1.66. The third-order valence-corrected chi connectivity index (χ3v) is 2.12. The van der Waals surface area contributed by atoms with Gasteiger partial charge in [-0.3, -0.25) is 9.89 Å². The number of hydrogen-bond acceptors (Lipinski definition) is 3. The average Bonchev–Trinajstić information content (AvgIpc) is 2.35. The number of rotatable bonds is 2. The van der Waals surface area contributed by atoms with Crippen molar-refractivity contribution >= 4 is 5.97 Å². The van der Waals surface area contributed by atoms with E-state index in [9.17, 15) is 4.79 Å². The molecule has 0 bridgehead atoms. The Morgan fingerprint density at radius 2 is 2.50 bits per heavy atom. The molecule has 1 aromatic rings. The van der Waals surface area contributed by atoms with E-state index in [4.69, 9.17) is 9.84 Å². The van der Waals surface area contributed by atoms with Crippen LogP contribution in [-0.4, -0.2) is 34.5 Å². The van der Waals surface area contributed by atoms with Gasteiger partial charge in [-0.1, -0.05) is 0 Å². The highest BCUT2D eigenvalue weighted by atomic mass is 16.5. The van der Waals surface area contributed by atoms with Crippen molar-refractivity contribution in [3.05, 3.63) is 18.0 Å². The number of carbonyl (C=O) groups is 1. The molecule has 2 N–H and O–H groups in total. The molecule has 5 nitrogen and oxygen atoms in total. The second kappa shape index (κ2) is 2.31. The molecule has 5 heteroatoms. The van der Waals surface area contributed by atoms with E-state index in [2.05, 4.69) is 10.2 Å². The lowest BCUT2D eigenvalue weighted by Gasteiger charge is -2.35. The number of nitrogens with one attached hydrogen (secondary N) is 1. The van der Waals surface area contributed by atoms with Gasteiger partial charge in [-0.2, -0.15) is 5.10 Å². The van der Waals surface area contributed by atoms with Crippen LogP contribution in [0.25, 0.3) is 0 Å². The van der Waals surface area contributed by atoms with Gasteiger partial charge >= 0.3 is 5.97 Å². The number of aliphatic carboxylic acids is 1. The highest BCUT2D eigenvalue weighted by Gasteiger charge is 2.49. The number of carboxylic acids is 1. The largest absolute Gasteiger partial charge is 0.480 e. The van der Waals surface area contributed by atoms with E-state index < -0.39 is 11.4 Å². The van der Waals surface area contributed by atoms with Crippen LogP contribution >= 0.6 is 0 Å². The van der Waals surface area contributed by atoms with Gasteiger partial charge in [-0.25, -0.2) is 0 Å². The van der Waals surface area contributed by atoms with Gasteiger partial charge in [-0.05, 0) is 6.07 Å². The Morgan fingerprint density at radius 3 is 2.83 bits per heavy atom. The van der Waals surface area contributed by atoms with E-state index in [0.29, 0.717) is 5.69 Å². The predicted molar refractivity (Wildman–Crippen MR) is 38.7 cm³/mol. The van der Waals surface area contributed by atoms with Gasteiger partial charge < -0.3 is 9.84 Å². The van der Waals surface area contributed by atoms with E-state index in [1.807, 2.05) is 0 Å². The molecule has 0 amide bonds. The van der Waals surface area contributed by atoms with Gasteiger partial charge in [0.2, 0.25) is 0 Å². The molecule has 12 heavy (non-hydrogen) atoms. The summed E-state index contributed by atoms with van der Waals surface area (Å²) >= 11 is 0. The molecule has 1 fully saturated rings. The van der Waals surface area contributed by atoms with Gasteiger partial charge in [-0.15, -0.1) is 0 Å². The summed E-state index contributed by atoms with van der Waals surface area (Å²) in [4.78, 5) is 10.9. The molecule has 1 saturated heterocycles. The summed E-state index contributed by atoms with van der Waals surface area (Å²) in [5, 5.41) is 15.3. The lowest BCUT2D eigenvalue weighted by molar-refractivity contribution is -0.163. The van der Waals surface area contributed by atoms with E-state index in [-0.39, 0.29) is 13.2 Å². The van der Waals surface area contributed by atoms with Gasteiger partial charge in [0.15, 0.2) is 5.41 Å². The van der Waals surface area contributed by atoms with Crippen LogP contribution in [0, 0.1) is 0 Å². The minimum atomic E-state index is -0.878. The van der Waals surface area contributed by atoms with Crippen molar-refractivity contribution in [3.63, 3.8) is 0 Å². The van der Waals surface area contributed by atoms with E-state index in [1.165, 1.54) is 0 Å².